The van der Waals surface area contributed by atoms with Crippen LogP contribution >= 0.6 is 0 Å². The van der Waals surface area contributed by atoms with Gasteiger partial charge in [-0.25, -0.2) is 8.42 Å². The summed E-state index contributed by atoms with van der Waals surface area (Å²) < 4.78 is 26.5. The molecule has 25 heavy (non-hydrogen) atoms. The molecule has 0 radical (unpaired) electrons. The molecule has 2 aromatic carbocycles. The molecule has 0 unspecified atom stereocenters. The summed E-state index contributed by atoms with van der Waals surface area (Å²) in [5, 5.41) is 2.74. The Balaban J connectivity index is 2.17. The third-order valence-electron chi connectivity index (χ3n) is 3.45. The summed E-state index contributed by atoms with van der Waals surface area (Å²) in [5.74, 6) is -0.254. The van der Waals surface area contributed by atoms with Gasteiger partial charge in [0, 0.05) is 24.3 Å². The van der Waals surface area contributed by atoms with Crippen molar-refractivity contribution in [2.24, 2.45) is 0 Å². The highest BCUT2D eigenvalue weighted by molar-refractivity contribution is 7.89. The predicted molar refractivity (Wildman–Crippen MR) is 100.0 cm³/mol. The molecular formula is C19H20N2O3S. The number of carbonyl (C=O) groups is 1. The molecule has 0 saturated carbocycles. The highest BCUT2D eigenvalue weighted by Crippen LogP contribution is 2.19. The minimum Gasteiger partial charge on any atom is -0.322 e. The van der Waals surface area contributed by atoms with E-state index < -0.39 is 10.0 Å². The molecule has 0 aliphatic heterocycles. The number of amides is 1. The number of carbonyl (C=O) groups excluding carboxylic acids is 1. The fraction of sp³-hybridized carbons (Fsp3) is 0.105. The molecule has 5 nitrogen and oxygen atoms in total. The minimum atomic E-state index is -3.64. The van der Waals surface area contributed by atoms with Crippen LogP contribution in [0.3, 0.4) is 0 Å². The van der Waals surface area contributed by atoms with Crippen molar-refractivity contribution in [1.29, 1.82) is 0 Å². The number of nitrogens with one attached hydrogen (secondary N) is 1. The quantitative estimate of drug-likeness (QED) is 0.738. The molecule has 0 saturated heterocycles. The standard InChI is InChI=1S/C19H20N2O3S/c1-3-14-21(15-4-2)25(23,24)18-12-10-17(11-13-18)20-19(22)16-8-6-5-7-9-16/h3-13H,1-2,14-15H2,(H,20,22). The molecule has 0 heterocycles. The van der Waals surface area contributed by atoms with E-state index in [1.54, 1.807) is 36.4 Å². The lowest BCUT2D eigenvalue weighted by Crippen LogP contribution is -2.31. The number of benzene rings is 2. The number of hydrogen-bond donors (Lipinski definition) is 1. The molecule has 0 atom stereocenters. The normalized spacial score (nSPS) is 11.1. The largest absolute Gasteiger partial charge is 0.322 e. The van der Waals surface area contributed by atoms with Crippen LogP contribution in [0.25, 0.3) is 0 Å². The van der Waals surface area contributed by atoms with Gasteiger partial charge < -0.3 is 5.32 Å². The van der Waals surface area contributed by atoms with Crippen LogP contribution in [0.1, 0.15) is 10.4 Å². The molecular weight excluding hydrogens is 336 g/mol. The molecule has 1 amide bonds. The topological polar surface area (TPSA) is 66.5 Å². The Kier molecular flexibility index (Phi) is 6.27. The Labute approximate surface area is 148 Å². The highest BCUT2D eigenvalue weighted by Gasteiger charge is 2.22. The van der Waals surface area contributed by atoms with Gasteiger partial charge in [0.1, 0.15) is 0 Å². The SMILES string of the molecule is C=CCN(CC=C)S(=O)(=O)c1ccc(NC(=O)c2ccccc2)cc1. The lowest BCUT2D eigenvalue weighted by molar-refractivity contribution is 0.102. The zero-order chi connectivity index (χ0) is 18.3. The minimum absolute atomic E-state index is 0.147. The lowest BCUT2D eigenvalue weighted by Gasteiger charge is -2.19. The first-order valence-corrected chi connectivity index (χ1v) is 9.11. The second kappa shape index (κ2) is 8.41. The highest BCUT2D eigenvalue weighted by atomic mass is 32.2. The summed E-state index contributed by atoms with van der Waals surface area (Å²) in [6, 6.07) is 14.9. The van der Waals surface area contributed by atoms with Crippen LogP contribution in [0.5, 0.6) is 0 Å². The van der Waals surface area contributed by atoms with Crippen molar-refractivity contribution < 1.29 is 13.2 Å². The monoisotopic (exact) mass is 356 g/mol. The maximum absolute atomic E-state index is 12.6. The zero-order valence-electron chi connectivity index (χ0n) is 13.8. The maximum Gasteiger partial charge on any atom is 0.255 e. The number of nitrogens with zero attached hydrogens (tertiary/aromatic N) is 1. The van der Waals surface area contributed by atoms with E-state index in [0.29, 0.717) is 11.3 Å². The van der Waals surface area contributed by atoms with E-state index >= 15 is 0 Å². The van der Waals surface area contributed by atoms with E-state index in [-0.39, 0.29) is 23.9 Å². The van der Waals surface area contributed by atoms with Gasteiger partial charge in [-0.05, 0) is 36.4 Å². The van der Waals surface area contributed by atoms with Crippen LogP contribution in [0.2, 0.25) is 0 Å². The van der Waals surface area contributed by atoms with Crippen LogP contribution in [0, 0.1) is 0 Å². The summed E-state index contributed by atoms with van der Waals surface area (Å²) in [5.41, 5.74) is 1.05. The average Bonchev–Trinajstić information content (AvgIpc) is 2.62. The van der Waals surface area contributed by atoms with Crippen LogP contribution in [0.4, 0.5) is 5.69 Å². The molecule has 0 fully saturated rings. The molecule has 2 aromatic rings. The van der Waals surface area contributed by atoms with Gasteiger partial charge in [-0.3, -0.25) is 4.79 Å². The van der Waals surface area contributed by atoms with Crippen LogP contribution < -0.4 is 5.32 Å². The molecule has 1 N–H and O–H groups in total. The number of sulfonamides is 1. The molecule has 2 rings (SSSR count). The maximum atomic E-state index is 12.6. The molecule has 0 aromatic heterocycles. The molecule has 6 heteroatoms. The van der Waals surface area contributed by atoms with Gasteiger partial charge in [0.05, 0.1) is 4.90 Å². The van der Waals surface area contributed by atoms with E-state index in [4.69, 9.17) is 0 Å². The third kappa shape index (κ3) is 4.65. The summed E-state index contributed by atoms with van der Waals surface area (Å²) in [4.78, 5) is 12.3. The fourth-order valence-electron chi connectivity index (χ4n) is 2.21. The summed E-state index contributed by atoms with van der Waals surface area (Å²) in [6.07, 6.45) is 3.05. The molecule has 0 aliphatic rings. The Bertz CT molecular complexity index is 834. The fourth-order valence-corrected chi connectivity index (χ4v) is 3.59. The summed E-state index contributed by atoms with van der Waals surface area (Å²) in [7, 11) is -3.64. The van der Waals surface area contributed by atoms with Gasteiger partial charge in [0.2, 0.25) is 10.0 Å². The van der Waals surface area contributed by atoms with Crippen LogP contribution in [-0.2, 0) is 10.0 Å². The average molecular weight is 356 g/mol. The second-order valence-electron chi connectivity index (χ2n) is 5.24. The Morgan fingerprint density at radius 3 is 2.04 bits per heavy atom. The van der Waals surface area contributed by atoms with E-state index in [1.165, 1.54) is 28.6 Å². The zero-order valence-corrected chi connectivity index (χ0v) is 14.6. The molecule has 0 aliphatic carbocycles. The van der Waals surface area contributed by atoms with Gasteiger partial charge in [0.25, 0.3) is 5.91 Å². The van der Waals surface area contributed by atoms with Gasteiger partial charge in [-0.15, -0.1) is 13.2 Å². The van der Waals surface area contributed by atoms with Crippen molar-refractivity contribution in [1.82, 2.24) is 4.31 Å². The van der Waals surface area contributed by atoms with E-state index in [9.17, 15) is 13.2 Å². The Morgan fingerprint density at radius 1 is 0.960 bits per heavy atom. The van der Waals surface area contributed by atoms with Crippen molar-refractivity contribution in [3.05, 3.63) is 85.5 Å². The molecule has 130 valence electrons. The number of anilines is 1. The summed E-state index contributed by atoms with van der Waals surface area (Å²) >= 11 is 0. The van der Waals surface area contributed by atoms with Crippen molar-refractivity contribution >= 4 is 21.6 Å². The predicted octanol–water partition coefficient (Wildman–Crippen LogP) is 3.30. The third-order valence-corrected chi connectivity index (χ3v) is 5.30. The first-order valence-electron chi connectivity index (χ1n) is 7.67. The second-order valence-corrected chi connectivity index (χ2v) is 7.18. The lowest BCUT2D eigenvalue weighted by atomic mass is 10.2. The van der Waals surface area contributed by atoms with Gasteiger partial charge in [-0.1, -0.05) is 30.4 Å². The van der Waals surface area contributed by atoms with Gasteiger partial charge >= 0.3 is 0 Å². The van der Waals surface area contributed by atoms with Gasteiger partial charge in [-0.2, -0.15) is 4.31 Å². The van der Waals surface area contributed by atoms with Crippen molar-refractivity contribution in [3.8, 4) is 0 Å². The van der Waals surface area contributed by atoms with E-state index in [0.717, 1.165) is 0 Å². The van der Waals surface area contributed by atoms with Crippen LogP contribution in [-0.4, -0.2) is 31.7 Å². The van der Waals surface area contributed by atoms with Crippen LogP contribution in [0.15, 0.2) is 84.8 Å². The molecule has 0 bridgehead atoms. The van der Waals surface area contributed by atoms with Gasteiger partial charge in [0.15, 0.2) is 0 Å². The van der Waals surface area contributed by atoms with Crippen molar-refractivity contribution in [3.63, 3.8) is 0 Å². The number of hydrogen-bond acceptors (Lipinski definition) is 3. The van der Waals surface area contributed by atoms with E-state index in [1.807, 2.05) is 6.07 Å². The smallest absolute Gasteiger partial charge is 0.255 e. The van der Waals surface area contributed by atoms with Crippen molar-refractivity contribution in [2.45, 2.75) is 4.90 Å². The van der Waals surface area contributed by atoms with Crippen molar-refractivity contribution in [2.75, 3.05) is 18.4 Å². The van der Waals surface area contributed by atoms with E-state index in [2.05, 4.69) is 18.5 Å². The summed E-state index contributed by atoms with van der Waals surface area (Å²) in [6.45, 7) is 7.55. The number of rotatable bonds is 8. The molecule has 0 spiro atoms. The first-order chi connectivity index (χ1) is 12.0. The first kappa shape index (κ1) is 18.6. The Hall–Kier alpha value is -2.70. The Morgan fingerprint density at radius 2 is 1.52 bits per heavy atom.